The summed E-state index contributed by atoms with van der Waals surface area (Å²) in [4.78, 5) is 74.7. The van der Waals surface area contributed by atoms with Crippen molar-refractivity contribution in [1.82, 2.24) is 10.2 Å². The number of Topliss-reactive ketones (excluding diaryl/α,β-unsaturated/α-hetero) is 2. The van der Waals surface area contributed by atoms with Crippen LogP contribution >= 0.6 is 0 Å². The number of alkyl carbamates (subject to hydrolysis) is 1. The number of azide groups is 1. The third-order valence-corrected chi connectivity index (χ3v) is 16.5. The van der Waals surface area contributed by atoms with E-state index in [-0.39, 0.29) is 56.6 Å². The van der Waals surface area contributed by atoms with E-state index in [1.165, 1.54) is 14.2 Å². The number of hydrogen-bond acceptors (Lipinski definition) is 19. The lowest BCUT2D eigenvalue weighted by molar-refractivity contribution is -0.265. The summed E-state index contributed by atoms with van der Waals surface area (Å²) in [6.45, 7) is 13.8. The van der Waals surface area contributed by atoms with Crippen LogP contribution in [0.4, 0.5) is 4.79 Å². The lowest BCUT2D eigenvalue weighted by Gasteiger charge is -2.43. The molecule has 0 aromatic heterocycles. The monoisotopic (exact) mass is 1170 g/mol. The predicted molar refractivity (Wildman–Crippen MR) is 308 cm³/mol. The molecule has 0 spiro atoms. The summed E-state index contributed by atoms with van der Waals surface area (Å²) in [7, 11) is 6.07. The Hall–Kier alpha value is -4.62. The normalized spacial score (nSPS) is 34.8. The zero-order valence-electron chi connectivity index (χ0n) is 50.9. The van der Waals surface area contributed by atoms with E-state index in [0.29, 0.717) is 103 Å². The van der Waals surface area contributed by atoms with Crippen molar-refractivity contribution in [3.63, 3.8) is 0 Å². The molecule has 5 N–H and O–H groups in total. The van der Waals surface area contributed by atoms with Gasteiger partial charge in [-0.05, 0) is 119 Å². The number of aliphatic hydroxyl groups excluding tert-OH is 1. The van der Waals surface area contributed by atoms with Gasteiger partial charge < -0.3 is 73.5 Å². The summed E-state index contributed by atoms with van der Waals surface area (Å²) in [6.07, 6.45) is 9.11. The third kappa shape index (κ3) is 22.3. The minimum absolute atomic E-state index is 0.0167. The van der Waals surface area contributed by atoms with Crippen molar-refractivity contribution in [2.75, 3.05) is 87.8 Å². The molecule has 4 aliphatic rings. The fraction of sp³-hybridized carbons (Fsp3) is 0.783. The Kier molecular flexibility index (Phi) is 31.6. The SMILES string of the molecule is COCCOCCOCCOCCNC(=O)O[C@@H]1CC[C@@H](C[C@@H](N)[C@@H]2CC(N=[N+]=[N-])[C@H](C)/C=C(\C)[C@@H](O)[C@@H](OC)C(=O)[C@H](C)C[C@H](C)/C=C/C=C/C=C(\C)[C@@H](OC)C[C@@H]3CC[C@@H](C)[C@@](O)(O3)C(=O)C(=O)N3CCCC[C@H]3C(=O)O2)C[C@H]1OC. The van der Waals surface area contributed by atoms with Crippen LogP contribution in [0.15, 0.2) is 52.7 Å². The quantitative estimate of drug-likeness (QED) is 0.0195. The lowest BCUT2D eigenvalue weighted by atomic mass is 9.80. The van der Waals surface area contributed by atoms with Crippen molar-refractivity contribution in [1.29, 1.82) is 0 Å². The van der Waals surface area contributed by atoms with Gasteiger partial charge in [0.15, 0.2) is 5.78 Å². The average molecular weight is 1180 g/mol. The van der Waals surface area contributed by atoms with Gasteiger partial charge in [-0.25, -0.2) is 9.59 Å². The molecule has 2 bridgehead atoms. The first-order valence-electron chi connectivity index (χ1n) is 29.7. The topological polar surface area (TPSA) is 308 Å². The fourth-order valence-corrected chi connectivity index (χ4v) is 11.5. The van der Waals surface area contributed by atoms with E-state index in [1.54, 1.807) is 48.0 Å². The summed E-state index contributed by atoms with van der Waals surface area (Å²) < 4.78 is 57.1. The van der Waals surface area contributed by atoms with Crippen LogP contribution < -0.4 is 11.1 Å². The second-order valence-corrected chi connectivity index (χ2v) is 22.8. The first-order chi connectivity index (χ1) is 39.7. The van der Waals surface area contributed by atoms with Gasteiger partial charge in [-0.2, -0.15) is 0 Å². The number of aliphatic hydroxyl groups is 2. The number of fused-ring (bicyclic) bond motifs is 3. The number of hydrogen-bond donors (Lipinski definition) is 4. The number of carbonyl (C=O) groups is 5. The maximum Gasteiger partial charge on any atom is 0.407 e. The van der Waals surface area contributed by atoms with E-state index in [0.717, 1.165) is 10.5 Å². The van der Waals surface area contributed by atoms with Crippen LogP contribution in [0.5, 0.6) is 0 Å². The van der Waals surface area contributed by atoms with E-state index < -0.39 is 108 Å². The number of cyclic esters (lactones) is 1. The first-order valence-corrected chi connectivity index (χ1v) is 29.7. The van der Waals surface area contributed by atoms with Crippen LogP contribution in [0.3, 0.4) is 0 Å². The van der Waals surface area contributed by atoms with Gasteiger partial charge in [0.25, 0.3) is 11.7 Å². The van der Waals surface area contributed by atoms with E-state index >= 15 is 0 Å². The molecular weight excluding hydrogens is 1080 g/mol. The van der Waals surface area contributed by atoms with Gasteiger partial charge in [0.2, 0.25) is 5.79 Å². The molecule has 3 heterocycles. The van der Waals surface area contributed by atoms with Crippen molar-refractivity contribution in [3.8, 4) is 0 Å². The van der Waals surface area contributed by atoms with Crippen molar-refractivity contribution in [2.45, 2.75) is 185 Å². The maximum absolute atomic E-state index is 14.7. The minimum atomic E-state index is -2.49. The highest BCUT2D eigenvalue weighted by molar-refractivity contribution is 6.39. The zero-order valence-corrected chi connectivity index (χ0v) is 50.9. The van der Waals surface area contributed by atoms with Gasteiger partial charge in [0.05, 0.1) is 64.6 Å². The van der Waals surface area contributed by atoms with Gasteiger partial charge in [-0.15, -0.1) is 0 Å². The molecule has 3 fully saturated rings. The lowest BCUT2D eigenvalue weighted by Crippen LogP contribution is -2.61. The number of ketones is 2. The molecule has 1 saturated carbocycles. The first kappa shape index (κ1) is 70.9. The number of allylic oxidation sites excluding steroid dienone is 5. The molecule has 0 radical (unpaired) electrons. The Morgan fingerprint density at radius 3 is 2.20 bits per heavy atom. The molecule has 4 rings (SSSR count). The molecule has 1 aliphatic carbocycles. The molecule has 3 aliphatic heterocycles. The molecule has 2 amide bonds. The molecule has 23 nitrogen and oxygen atoms in total. The van der Waals surface area contributed by atoms with Crippen molar-refractivity contribution in [3.05, 3.63) is 58.0 Å². The predicted octanol–water partition coefficient (Wildman–Crippen LogP) is 6.41. The van der Waals surface area contributed by atoms with Crippen molar-refractivity contribution < 1.29 is 81.6 Å². The van der Waals surface area contributed by atoms with Crippen LogP contribution in [0.2, 0.25) is 0 Å². The minimum Gasteiger partial charge on any atom is -0.459 e. The smallest absolute Gasteiger partial charge is 0.407 e. The van der Waals surface area contributed by atoms with Crippen molar-refractivity contribution >= 4 is 29.5 Å². The number of nitrogens with two attached hydrogens (primary N) is 1. The second-order valence-electron chi connectivity index (χ2n) is 22.8. The van der Waals surface area contributed by atoms with Gasteiger partial charge in [-0.3, -0.25) is 14.4 Å². The molecule has 2 saturated heterocycles. The van der Waals surface area contributed by atoms with Crippen LogP contribution in [-0.4, -0.2) is 199 Å². The van der Waals surface area contributed by atoms with Crippen LogP contribution in [0, 0.1) is 29.6 Å². The van der Waals surface area contributed by atoms with Crippen LogP contribution in [-0.2, 0) is 66.5 Å². The molecule has 470 valence electrons. The summed E-state index contributed by atoms with van der Waals surface area (Å²) in [6, 6.07) is -3.04. The second kappa shape index (κ2) is 37.1. The Bertz CT molecular complexity index is 2210. The number of piperidine rings is 1. The molecular formula is C60H98N6O17. The summed E-state index contributed by atoms with van der Waals surface area (Å²) in [5, 5.41) is 30.6. The highest BCUT2D eigenvalue weighted by atomic mass is 16.6. The van der Waals surface area contributed by atoms with E-state index in [9.17, 15) is 39.7 Å². The number of methoxy groups -OCH3 is 4. The average Bonchev–Trinajstić information content (AvgIpc) is 3.64. The molecule has 83 heavy (non-hydrogen) atoms. The number of carbonyl (C=O) groups excluding carboxylic acids is 5. The maximum atomic E-state index is 14.7. The summed E-state index contributed by atoms with van der Waals surface area (Å²) >= 11 is 0. The van der Waals surface area contributed by atoms with Gasteiger partial charge in [-0.1, -0.05) is 69.3 Å². The van der Waals surface area contributed by atoms with Crippen molar-refractivity contribution in [2.24, 2.45) is 40.4 Å². The molecule has 23 heteroatoms. The standard InChI is InChI=1S/C60H98N6O17/c1-38-16-12-11-13-17-39(2)50(75-8)36-45-21-19-43(6)60(73,83-45)56(69)57(70)66-24-15-14-18-48(66)58(71)81-51(37-47(64-65-62)40(3)33-42(5)54(68)55(77-10)53(67)41(4)32-38)46(61)34-44-20-22-49(52(35-44)76-9)82-59(72)63-23-25-78-28-29-80-31-30-79-27-26-74-7/h11-13,16-17,33,38,40-41,43-52,54-55,68,73H,14-15,18-32,34-37,61H2,1-10H3,(H,63,72)/b13-11+,16-12+,39-17+,42-33+/t38-,40-,41-,43-,44+,45+,46-,47?,48+,49-,50+,51+,52-,54-,55+,60-/m1/s1. The highest BCUT2D eigenvalue weighted by Crippen LogP contribution is 2.38. The van der Waals surface area contributed by atoms with Gasteiger partial charge >= 0.3 is 12.1 Å². The third-order valence-electron chi connectivity index (χ3n) is 16.5. The van der Waals surface area contributed by atoms with E-state index in [4.69, 9.17) is 53.1 Å². The Labute approximate surface area is 491 Å². The number of nitrogens with one attached hydrogen (secondary N) is 1. The summed E-state index contributed by atoms with van der Waals surface area (Å²) in [5.74, 6) is -7.84. The highest BCUT2D eigenvalue weighted by Gasteiger charge is 2.53. The number of esters is 1. The molecule has 0 aromatic rings. The molecule has 16 atom stereocenters. The fourth-order valence-electron chi connectivity index (χ4n) is 11.5. The van der Waals surface area contributed by atoms with Gasteiger partial charge in [0, 0.05) is 76.8 Å². The Balaban J connectivity index is 1.59. The largest absolute Gasteiger partial charge is 0.459 e. The number of ether oxygens (including phenoxy) is 10. The number of amides is 2. The van der Waals surface area contributed by atoms with E-state index in [2.05, 4.69) is 15.3 Å². The Morgan fingerprint density at radius 2 is 1.54 bits per heavy atom. The van der Waals surface area contributed by atoms with Crippen LogP contribution in [0.1, 0.15) is 119 Å². The molecule has 1 unspecified atom stereocenters. The number of rotatable bonds is 20. The molecule has 0 aromatic carbocycles. The number of nitrogens with zero attached hydrogens (tertiary/aromatic N) is 4. The Morgan fingerprint density at radius 1 is 0.843 bits per heavy atom. The van der Waals surface area contributed by atoms with Crippen LogP contribution in [0.25, 0.3) is 10.4 Å². The van der Waals surface area contributed by atoms with Gasteiger partial charge in [0.1, 0.15) is 30.5 Å². The summed E-state index contributed by atoms with van der Waals surface area (Å²) in [5.41, 5.74) is 18.3. The zero-order chi connectivity index (χ0) is 61.1. The van der Waals surface area contributed by atoms with E-state index in [1.807, 2.05) is 44.2 Å².